The van der Waals surface area contributed by atoms with Crippen molar-refractivity contribution >= 4 is 12.0 Å². The topological polar surface area (TPSA) is 67.4 Å². The van der Waals surface area contributed by atoms with Crippen LogP contribution in [0.3, 0.4) is 0 Å². The Labute approximate surface area is 177 Å². The fourth-order valence-electron chi connectivity index (χ4n) is 3.11. The summed E-state index contributed by atoms with van der Waals surface area (Å²) in [4.78, 5) is 25.3. The third-order valence-electron chi connectivity index (χ3n) is 4.76. The molecule has 3 aromatic rings. The molecule has 2 amide bonds. The van der Waals surface area contributed by atoms with Crippen LogP contribution < -0.4 is 10.6 Å². The third kappa shape index (κ3) is 6.48. The lowest BCUT2D eigenvalue weighted by atomic mass is 10.0. The minimum Gasteiger partial charge on any atom is -0.445 e. The fraction of sp³-hybridized carbons (Fsp3) is 0.200. The van der Waals surface area contributed by atoms with Crippen molar-refractivity contribution in [2.24, 2.45) is 0 Å². The predicted molar refractivity (Wildman–Crippen MR) is 117 cm³/mol. The molecule has 0 spiro atoms. The molecule has 0 bridgehead atoms. The Morgan fingerprint density at radius 1 is 0.767 bits per heavy atom. The van der Waals surface area contributed by atoms with Gasteiger partial charge in [0.25, 0.3) is 0 Å². The molecule has 154 valence electrons. The van der Waals surface area contributed by atoms with Crippen molar-refractivity contribution in [1.82, 2.24) is 10.6 Å². The second-order valence-electron chi connectivity index (χ2n) is 7.09. The van der Waals surface area contributed by atoms with Gasteiger partial charge >= 0.3 is 6.09 Å². The van der Waals surface area contributed by atoms with Crippen LogP contribution in [0.5, 0.6) is 0 Å². The van der Waals surface area contributed by atoms with Gasteiger partial charge in [0.2, 0.25) is 5.91 Å². The Morgan fingerprint density at radius 3 is 1.90 bits per heavy atom. The lowest BCUT2D eigenvalue weighted by Gasteiger charge is -2.21. The van der Waals surface area contributed by atoms with Crippen molar-refractivity contribution in [1.29, 1.82) is 0 Å². The minimum atomic E-state index is -0.748. The summed E-state index contributed by atoms with van der Waals surface area (Å²) in [6.07, 6.45) is -0.253. The van der Waals surface area contributed by atoms with E-state index in [9.17, 15) is 9.59 Å². The van der Waals surface area contributed by atoms with E-state index in [1.165, 1.54) is 0 Å². The van der Waals surface area contributed by atoms with Crippen molar-refractivity contribution in [2.75, 3.05) is 0 Å². The Hall–Kier alpha value is -3.60. The second-order valence-corrected chi connectivity index (χ2v) is 7.09. The zero-order valence-corrected chi connectivity index (χ0v) is 17.0. The van der Waals surface area contributed by atoms with E-state index in [-0.39, 0.29) is 18.6 Å². The molecule has 5 heteroatoms. The molecule has 0 aliphatic heterocycles. The van der Waals surface area contributed by atoms with Crippen LogP contribution in [0.2, 0.25) is 0 Å². The van der Waals surface area contributed by atoms with E-state index >= 15 is 0 Å². The van der Waals surface area contributed by atoms with Gasteiger partial charge in [-0.2, -0.15) is 0 Å². The number of amides is 2. The van der Waals surface area contributed by atoms with Crippen LogP contribution in [-0.2, 0) is 22.6 Å². The monoisotopic (exact) mass is 402 g/mol. The molecule has 0 heterocycles. The molecule has 0 radical (unpaired) electrons. The summed E-state index contributed by atoms with van der Waals surface area (Å²) in [6, 6.07) is 27.8. The summed E-state index contributed by atoms with van der Waals surface area (Å²) < 4.78 is 5.31. The van der Waals surface area contributed by atoms with Crippen LogP contribution in [0.1, 0.15) is 29.7 Å². The first-order valence-electron chi connectivity index (χ1n) is 9.98. The zero-order valence-electron chi connectivity index (χ0n) is 17.0. The highest BCUT2D eigenvalue weighted by atomic mass is 16.5. The van der Waals surface area contributed by atoms with Gasteiger partial charge in [-0.15, -0.1) is 0 Å². The Balaban J connectivity index is 1.64. The van der Waals surface area contributed by atoms with Gasteiger partial charge in [-0.3, -0.25) is 4.79 Å². The van der Waals surface area contributed by atoms with E-state index in [1.54, 1.807) is 0 Å². The van der Waals surface area contributed by atoms with E-state index in [0.717, 1.165) is 16.7 Å². The largest absolute Gasteiger partial charge is 0.445 e. The molecule has 3 aromatic carbocycles. The number of hydrogen-bond acceptors (Lipinski definition) is 3. The van der Waals surface area contributed by atoms with Crippen LogP contribution >= 0.6 is 0 Å². The Kier molecular flexibility index (Phi) is 7.61. The molecule has 0 fully saturated rings. The minimum absolute atomic E-state index is 0.146. The van der Waals surface area contributed by atoms with Gasteiger partial charge in [0.05, 0.1) is 6.04 Å². The van der Waals surface area contributed by atoms with Gasteiger partial charge in [0.1, 0.15) is 12.6 Å². The van der Waals surface area contributed by atoms with Gasteiger partial charge < -0.3 is 15.4 Å². The smallest absolute Gasteiger partial charge is 0.408 e. The molecule has 0 unspecified atom stereocenters. The summed E-state index contributed by atoms with van der Waals surface area (Å²) in [6.45, 7) is 2.06. The standard InChI is InChI=1S/C25H26N2O3/c1-19(22-15-9-4-10-16-22)26-24(28)23(17-20-11-5-2-6-12-20)27-25(29)30-18-21-13-7-3-8-14-21/h2-16,19,23H,17-18H2,1H3,(H,26,28)(H,27,29)/t19-,23-/m0/s1. The molecular weight excluding hydrogens is 376 g/mol. The number of ether oxygens (including phenoxy) is 1. The number of alkyl carbamates (subject to hydrolysis) is 1. The quantitative estimate of drug-likeness (QED) is 0.587. The maximum Gasteiger partial charge on any atom is 0.408 e. The van der Waals surface area contributed by atoms with Gasteiger partial charge in [0.15, 0.2) is 0 Å². The first kappa shape index (κ1) is 21.1. The van der Waals surface area contributed by atoms with Crippen LogP contribution in [0.15, 0.2) is 91.0 Å². The summed E-state index contributed by atoms with van der Waals surface area (Å²) in [5.74, 6) is -0.258. The van der Waals surface area contributed by atoms with Gasteiger partial charge in [-0.25, -0.2) is 4.79 Å². The maximum absolute atomic E-state index is 13.0. The van der Waals surface area contributed by atoms with Crippen molar-refractivity contribution in [2.45, 2.75) is 32.0 Å². The number of carbonyl (C=O) groups excluding carboxylic acids is 2. The highest BCUT2D eigenvalue weighted by Gasteiger charge is 2.23. The van der Waals surface area contributed by atoms with Gasteiger partial charge in [-0.05, 0) is 23.6 Å². The molecule has 0 saturated carbocycles. The summed E-state index contributed by atoms with van der Waals surface area (Å²) in [7, 11) is 0. The molecule has 2 N–H and O–H groups in total. The molecule has 2 atom stereocenters. The van der Waals surface area contributed by atoms with E-state index in [1.807, 2.05) is 97.9 Å². The molecule has 0 aromatic heterocycles. The number of hydrogen-bond donors (Lipinski definition) is 2. The van der Waals surface area contributed by atoms with Crippen LogP contribution in [0, 0.1) is 0 Å². The van der Waals surface area contributed by atoms with E-state index in [0.29, 0.717) is 6.42 Å². The van der Waals surface area contributed by atoms with Crippen LogP contribution in [0.4, 0.5) is 4.79 Å². The molecule has 0 saturated heterocycles. The summed E-state index contributed by atoms with van der Waals surface area (Å²) in [5.41, 5.74) is 2.83. The van der Waals surface area contributed by atoms with E-state index in [4.69, 9.17) is 4.74 Å². The molecule has 30 heavy (non-hydrogen) atoms. The number of rotatable bonds is 8. The molecule has 5 nitrogen and oxygen atoms in total. The Morgan fingerprint density at radius 2 is 1.30 bits per heavy atom. The van der Waals surface area contributed by atoms with Crippen molar-refractivity contribution in [3.8, 4) is 0 Å². The first-order chi connectivity index (χ1) is 14.6. The summed E-state index contributed by atoms with van der Waals surface area (Å²) >= 11 is 0. The van der Waals surface area contributed by atoms with Gasteiger partial charge in [-0.1, -0.05) is 91.0 Å². The first-order valence-corrected chi connectivity index (χ1v) is 9.98. The normalized spacial score (nSPS) is 12.4. The molecule has 0 aliphatic carbocycles. The van der Waals surface area contributed by atoms with E-state index in [2.05, 4.69) is 10.6 Å². The molecular formula is C25H26N2O3. The van der Waals surface area contributed by atoms with Crippen LogP contribution in [-0.4, -0.2) is 18.0 Å². The van der Waals surface area contributed by atoms with Crippen molar-refractivity contribution in [3.05, 3.63) is 108 Å². The van der Waals surface area contributed by atoms with Crippen molar-refractivity contribution in [3.63, 3.8) is 0 Å². The highest BCUT2D eigenvalue weighted by Crippen LogP contribution is 2.12. The van der Waals surface area contributed by atoms with E-state index < -0.39 is 12.1 Å². The average molecular weight is 402 g/mol. The highest BCUT2D eigenvalue weighted by molar-refractivity contribution is 5.86. The predicted octanol–water partition coefficient (Wildman–Crippen LogP) is 4.40. The lowest BCUT2D eigenvalue weighted by molar-refractivity contribution is -0.123. The molecule has 3 rings (SSSR count). The average Bonchev–Trinajstić information content (AvgIpc) is 2.79. The SMILES string of the molecule is C[C@H](NC(=O)[C@H](Cc1ccccc1)NC(=O)OCc1ccccc1)c1ccccc1. The maximum atomic E-state index is 13.0. The molecule has 0 aliphatic rings. The van der Waals surface area contributed by atoms with Crippen molar-refractivity contribution < 1.29 is 14.3 Å². The number of nitrogens with one attached hydrogen (secondary N) is 2. The lowest BCUT2D eigenvalue weighted by Crippen LogP contribution is -2.48. The number of benzene rings is 3. The zero-order chi connectivity index (χ0) is 21.2. The van der Waals surface area contributed by atoms with Gasteiger partial charge in [0, 0.05) is 6.42 Å². The number of carbonyl (C=O) groups is 2. The second kappa shape index (κ2) is 10.8. The van der Waals surface area contributed by atoms with Crippen LogP contribution in [0.25, 0.3) is 0 Å². The summed E-state index contributed by atoms with van der Waals surface area (Å²) in [5, 5.41) is 5.71. The third-order valence-corrected chi connectivity index (χ3v) is 4.76. The Bertz CT molecular complexity index is 930. The fourth-order valence-corrected chi connectivity index (χ4v) is 3.11.